The maximum Gasteiger partial charge on any atom is 0.316 e. The number of rotatable bonds is 17. The monoisotopic (exact) mass is 1150 g/mol. The molecule has 0 aliphatic carbocycles. The van der Waals surface area contributed by atoms with Crippen molar-refractivity contribution < 1.29 is 63.3 Å². The van der Waals surface area contributed by atoms with E-state index in [0.717, 1.165) is 95.1 Å². The molecule has 5 aliphatic rings. The standard InChI is InChI=1S/C52H60ClF2N8O6.Hf/c1-3-47(65)61-22-24-62(25-23-61)49-39-29-41(53)38(30-43(39)56-52(58-49)69-32-35-11-10-18-59(35)2)48-42(55)12-9-13-45(48)68-26-8-6-4-5-7-19-60-20-16-33(17-21-60)36-27-34(54)28-37-40(36)31-63(51(37)67)44-14-15-46(64)57-50(44)66;/h3,9,12-13,27-29,33,35,44H,1,4-8,10-11,14-26,31-32H2,2H3,(H,57,64,66);/q-1;/t35-,44?;/m0./s1. The number of likely N-dealkylation sites (N-methyl/N-ethyl adjacent to an activating group) is 1. The zero-order chi connectivity index (χ0) is 48.2. The topological polar surface area (TPSA) is 141 Å². The molecule has 0 spiro atoms. The zero-order valence-corrected chi connectivity index (χ0v) is 44.1. The van der Waals surface area contributed by atoms with Crippen molar-refractivity contribution in [3.63, 3.8) is 0 Å². The van der Waals surface area contributed by atoms with Crippen LogP contribution in [0.15, 0.2) is 49.1 Å². The summed E-state index contributed by atoms with van der Waals surface area (Å²) in [6.45, 7) is 10.5. The molecule has 0 radical (unpaired) electrons. The van der Waals surface area contributed by atoms with E-state index in [1.807, 2.05) is 0 Å². The first-order valence-electron chi connectivity index (χ1n) is 24.5. The van der Waals surface area contributed by atoms with Crippen molar-refractivity contribution >= 4 is 52.0 Å². The number of hydrogen-bond acceptors (Lipinski definition) is 11. The molecular formula is C52H60ClF2HfN8O6-. The summed E-state index contributed by atoms with van der Waals surface area (Å²) in [5.41, 5.74) is 2.96. The Morgan fingerprint density at radius 2 is 1.71 bits per heavy atom. The number of aromatic nitrogens is 2. The van der Waals surface area contributed by atoms with Gasteiger partial charge in [0.25, 0.3) is 5.91 Å². The Hall–Kier alpha value is -4.84. The van der Waals surface area contributed by atoms with Crippen LogP contribution < -0.4 is 19.7 Å². The van der Waals surface area contributed by atoms with Crippen LogP contribution in [0.4, 0.5) is 14.6 Å². The first kappa shape index (κ1) is 51.5. The van der Waals surface area contributed by atoms with Gasteiger partial charge in [-0.25, -0.2) is 13.8 Å². The minimum atomic E-state index is -0.735. The van der Waals surface area contributed by atoms with Crippen molar-refractivity contribution in [2.24, 2.45) is 0 Å². The molecule has 4 saturated heterocycles. The summed E-state index contributed by atoms with van der Waals surface area (Å²) >= 11 is 6.99. The molecule has 4 amide bonds. The van der Waals surface area contributed by atoms with Crippen molar-refractivity contribution in [2.75, 3.05) is 77.5 Å². The second-order valence-corrected chi connectivity index (χ2v) is 19.4. The number of fused-ring (bicyclic) bond motifs is 2. The Kier molecular flexibility index (Phi) is 17.0. The number of carbonyl (C=O) groups is 4. The van der Waals surface area contributed by atoms with Gasteiger partial charge >= 0.3 is 6.01 Å². The zero-order valence-electron chi connectivity index (χ0n) is 39.8. The molecule has 6 heterocycles. The largest absolute Gasteiger partial charge is 0.503 e. The van der Waals surface area contributed by atoms with Gasteiger partial charge in [-0.15, -0.1) is 29.3 Å². The van der Waals surface area contributed by atoms with Gasteiger partial charge in [-0.1, -0.05) is 31.9 Å². The molecule has 1 aromatic heterocycles. The van der Waals surface area contributed by atoms with Crippen LogP contribution in [0.5, 0.6) is 11.8 Å². The number of piperidine rings is 2. The van der Waals surface area contributed by atoms with Crippen molar-refractivity contribution in [1.82, 2.24) is 34.9 Å². The number of amides is 4. The van der Waals surface area contributed by atoms with Gasteiger partial charge in [-0.05, 0) is 147 Å². The number of hydrogen-bond donors (Lipinski definition) is 1. The number of nitrogens with one attached hydrogen (secondary N) is 1. The molecule has 9 rings (SSSR count). The molecule has 1 N–H and O–H groups in total. The van der Waals surface area contributed by atoms with Gasteiger partial charge in [-0.2, -0.15) is 4.98 Å². The third-order valence-corrected chi connectivity index (χ3v) is 14.9. The van der Waals surface area contributed by atoms with E-state index < -0.39 is 23.6 Å². The third-order valence-electron chi connectivity index (χ3n) is 14.6. The van der Waals surface area contributed by atoms with Crippen LogP contribution >= 0.6 is 11.6 Å². The van der Waals surface area contributed by atoms with Gasteiger partial charge in [0.05, 0.1) is 18.2 Å². The summed E-state index contributed by atoms with van der Waals surface area (Å²) < 4.78 is 43.3. The van der Waals surface area contributed by atoms with Crippen molar-refractivity contribution in [3.05, 3.63) is 88.5 Å². The van der Waals surface area contributed by atoms with Crippen molar-refractivity contribution in [2.45, 2.75) is 95.2 Å². The Morgan fingerprint density at radius 1 is 0.943 bits per heavy atom. The molecule has 18 heteroatoms. The summed E-state index contributed by atoms with van der Waals surface area (Å²) in [6.07, 6.45) is 10.4. The number of nitrogens with zero attached hydrogens (tertiary/aromatic N) is 7. The minimum Gasteiger partial charge on any atom is -0.503 e. The molecule has 0 saturated carbocycles. The molecule has 370 valence electrons. The van der Waals surface area contributed by atoms with E-state index in [2.05, 4.69) is 39.7 Å². The number of imide groups is 1. The average molecular weight is 1150 g/mol. The summed E-state index contributed by atoms with van der Waals surface area (Å²) in [6, 6.07) is 12.4. The summed E-state index contributed by atoms with van der Waals surface area (Å²) in [5, 5.41) is 3.26. The number of ether oxygens (including phenoxy) is 2. The summed E-state index contributed by atoms with van der Waals surface area (Å²) in [4.78, 5) is 69.7. The van der Waals surface area contributed by atoms with Crippen LogP contribution in [0, 0.1) is 17.7 Å². The molecule has 14 nitrogen and oxygen atoms in total. The number of anilines is 1. The molecule has 70 heavy (non-hydrogen) atoms. The van der Waals surface area contributed by atoms with Crippen LogP contribution in [0.3, 0.4) is 0 Å². The van der Waals surface area contributed by atoms with Gasteiger partial charge in [-0.3, -0.25) is 24.5 Å². The van der Waals surface area contributed by atoms with Crippen LogP contribution in [-0.4, -0.2) is 138 Å². The molecular weight excluding hydrogens is 1080 g/mol. The number of benzene rings is 3. The predicted octanol–water partition coefficient (Wildman–Crippen LogP) is 7.30. The van der Waals surface area contributed by atoms with E-state index in [4.69, 9.17) is 31.0 Å². The predicted molar refractivity (Wildman–Crippen MR) is 258 cm³/mol. The smallest absolute Gasteiger partial charge is 0.316 e. The van der Waals surface area contributed by atoms with Crippen LogP contribution in [0.2, 0.25) is 5.02 Å². The Bertz CT molecular complexity index is 2610. The van der Waals surface area contributed by atoms with Crippen molar-refractivity contribution in [3.8, 4) is 22.9 Å². The first-order valence-corrected chi connectivity index (χ1v) is 24.9. The molecule has 4 fully saturated rings. The fourth-order valence-electron chi connectivity index (χ4n) is 10.7. The van der Waals surface area contributed by atoms with E-state index in [0.29, 0.717) is 73.0 Å². The van der Waals surface area contributed by atoms with E-state index in [9.17, 15) is 23.6 Å². The quantitative estimate of drug-likeness (QED) is 0.0375. The fraction of sp³-hybridized carbons (Fsp3) is 0.500. The number of piperazine rings is 1. The number of unbranched alkanes of at least 4 members (excludes halogenated alkanes) is 4. The molecule has 1 unspecified atom stereocenters. The molecule has 3 aromatic carbocycles. The van der Waals surface area contributed by atoms with Crippen molar-refractivity contribution in [1.29, 1.82) is 0 Å². The maximum absolute atomic E-state index is 15.9. The summed E-state index contributed by atoms with van der Waals surface area (Å²) in [5.74, 6) is -1.11. The number of halogens is 3. The Labute approximate surface area is 431 Å². The van der Waals surface area contributed by atoms with E-state index >= 15 is 4.39 Å². The minimum absolute atomic E-state index is 0. The second kappa shape index (κ2) is 23.1. The first-order chi connectivity index (χ1) is 33.4. The normalized spacial score (nSPS) is 20.2. The van der Waals surface area contributed by atoms with Crippen LogP contribution in [0.1, 0.15) is 98.0 Å². The number of carbonyl (C=O) groups excluding carboxylic acids is 4. The van der Waals surface area contributed by atoms with Gasteiger partial charge in [0.2, 0.25) is 17.7 Å². The van der Waals surface area contributed by atoms with Crippen LogP contribution in [0.25, 0.3) is 22.0 Å². The average Bonchev–Trinajstić information content (AvgIpc) is 3.92. The van der Waals surface area contributed by atoms with Crippen LogP contribution in [-0.2, 0) is 46.8 Å². The molecule has 5 aliphatic heterocycles. The van der Waals surface area contributed by atoms with Gasteiger partial charge in [0, 0.05) is 76.6 Å². The Balaban J connectivity index is 0.00000659. The molecule has 0 bridgehead atoms. The summed E-state index contributed by atoms with van der Waals surface area (Å²) in [7, 11) is 2.08. The fourth-order valence-corrected chi connectivity index (χ4v) is 10.9. The number of likely N-dealkylation sites (tertiary alicyclic amines) is 2. The van der Waals surface area contributed by atoms with E-state index in [-0.39, 0.29) is 91.5 Å². The molecule has 2 atom stereocenters. The maximum atomic E-state index is 15.9. The van der Waals surface area contributed by atoms with E-state index in [1.165, 1.54) is 23.1 Å². The van der Waals surface area contributed by atoms with Gasteiger partial charge < -0.3 is 34.0 Å². The van der Waals surface area contributed by atoms with Gasteiger partial charge in [0.1, 0.15) is 24.3 Å². The third kappa shape index (κ3) is 11.4. The Morgan fingerprint density at radius 3 is 2.46 bits per heavy atom. The van der Waals surface area contributed by atoms with E-state index in [1.54, 1.807) is 29.2 Å². The SMILES string of the molecule is C=CC(=O)N1CCN(c2nc(OC[C@@H]3CCCN3C)nc3[c-]c(-c4c(F)cccc4OCCCCCCCN4CCC(c5cc(F)cc6c5CN(C5CCC(=O)NC5=O)C6=O)CC4)c(Cl)cc23)CC1.[Hf]. The van der Waals surface area contributed by atoms with Gasteiger partial charge in [0.15, 0.2) is 0 Å². The molecule has 4 aromatic rings. The second-order valence-electron chi connectivity index (χ2n) is 19.0.